The van der Waals surface area contributed by atoms with Gasteiger partial charge in [-0.1, -0.05) is 19.1 Å². The maximum atomic E-state index is 13.0. The van der Waals surface area contributed by atoms with Gasteiger partial charge in [-0.05, 0) is 61.1 Å². The van der Waals surface area contributed by atoms with Crippen molar-refractivity contribution in [3.63, 3.8) is 0 Å². The van der Waals surface area contributed by atoms with Crippen LogP contribution in [0.15, 0.2) is 46.2 Å². The highest BCUT2D eigenvalue weighted by molar-refractivity contribution is 8.00. The average Bonchev–Trinajstić information content (AvgIpc) is 2.77. The molecule has 0 fully saturated rings. The number of benzene rings is 2. The van der Waals surface area contributed by atoms with Crippen LogP contribution in [0.3, 0.4) is 0 Å². The van der Waals surface area contributed by atoms with Crippen molar-refractivity contribution in [1.29, 1.82) is 0 Å². The highest BCUT2D eigenvalue weighted by atomic mass is 32.2. The molecule has 1 amide bonds. The zero-order chi connectivity index (χ0) is 19.0. The second-order valence-corrected chi connectivity index (χ2v) is 10.3. The molecule has 2 N–H and O–H groups in total. The number of carbonyl (C=O) groups excluding carboxylic acids is 1. The van der Waals surface area contributed by atoms with Crippen molar-refractivity contribution in [3.8, 4) is 0 Å². The van der Waals surface area contributed by atoms with E-state index in [0.29, 0.717) is 17.8 Å². The molecule has 0 unspecified atom stereocenters. The van der Waals surface area contributed by atoms with Crippen molar-refractivity contribution in [2.24, 2.45) is 0 Å². The molecule has 27 heavy (non-hydrogen) atoms. The summed E-state index contributed by atoms with van der Waals surface area (Å²) in [5.74, 6) is -0.0895. The van der Waals surface area contributed by atoms with E-state index in [9.17, 15) is 13.2 Å². The summed E-state index contributed by atoms with van der Waals surface area (Å²) < 4.78 is 28.7. The first kappa shape index (κ1) is 18.4. The van der Waals surface area contributed by atoms with Gasteiger partial charge in [0.15, 0.2) is 0 Å². The van der Waals surface area contributed by atoms with Crippen molar-refractivity contribution in [2.75, 3.05) is 10.0 Å². The summed E-state index contributed by atoms with van der Waals surface area (Å²) in [5.41, 5.74) is 3.54. The molecule has 142 valence electrons. The number of hydrogen-bond donors (Lipinski definition) is 2. The van der Waals surface area contributed by atoms with E-state index in [2.05, 4.69) is 16.1 Å². The van der Waals surface area contributed by atoms with E-state index in [1.165, 1.54) is 5.56 Å². The first-order valence-corrected chi connectivity index (χ1v) is 11.5. The van der Waals surface area contributed by atoms with Gasteiger partial charge in [0.1, 0.15) is 0 Å². The fraction of sp³-hybridized carbons (Fsp3) is 0.350. The molecule has 0 bridgehead atoms. The summed E-state index contributed by atoms with van der Waals surface area (Å²) >= 11 is 1.58. The summed E-state index contributed by atoms with van der Waals surface area (Å²) in [6.07, 6.45) is 4.51. The normalized spacial score (nSPS) is 19.4. The lowest BCUT2D eigenvalue weighted by Gasteiger charge is -2.20. The molecule has 1 aliphatic heterocycles. The number of sulfonamides is 1. The minimum Gasteiger partial charge on any atom is -0.325 e. The van der Waals surface area contributed by atoms with E-state index in [0.717, 1.165) is 36.1 Å². The maximum absolute atomic E-state index is 13.0. The lowest BCUT2D eigenvalue weighted by molar-refractivity contribution is -0.116. The van der Waals surface area contributed by atoms with Crippen LogP contribution in [0.4, 0.5) is 11.4 Å². The number of nitrogens with one attached hydrogen (secondary N) is 2. The largest absolute Gasteiger partial charge is 0.325 e. The second kappa shape index (κ2) is 7.20. The van der Waals surface area contributed by atoms with Crippen LogP contribution < -0.4 is 10.0 Å². The predicted molar refractivity (Wildman–Crippen MR) is 109 cm³/mol. The molecular weight excluding hydrogens is 380 g/mol. The zero-order valence-electron chi connectivity index (χ0n) is 15.1. The van der Waals surface area contributed by atoms with Gasteiger partial charge in [-0.25, -0.2) is 8.42 Å². The first-order chi connectivity index (χ1) is 12.9. The van der Waals surface area contributed by atoms with Gasteiger partial charge in [-0.15, -0.1) is 11.8 Å². The van der Waals surface area contributed by atoms with Crippen LogP contribution >= 0.6 is 11.8 Å². The molecule has 1 aliphatic carbocycles. The number of rotatable bonds is 3. The van der Waals surface area contributed by atoms with Crippen LogP contribution in [0.1, 0.15) is 37.3 Å². The molecule has 0 radical (unpaired) electrons. The Hall–Kier alpha value is -1.99. The van der Waals surface area contributed by atoms with Gasteiger partial charge in [0, 0.05) is 16.6 Å². The summed E-state index contributed by atoms with van der Waals surface area (Å²) in [6.45, 7) is 1.99. The Morgan fingerprint density at radius 1 is 1.15 bits per heavy atom. The minimum absolute atomic E-state index is 0.0895. The van der Waals surface area contributed by atoms with Crippen molar-refractivity contribution in [3.05, 3.63) is 47.5 Å². The molecule has 4 rings (SSSR count). The van der Waals surface area contributed by atoms with E-state index in [1.807, 2.05) is 19.1 Å². The first-order valence-electron chi connectivity index (χ1n) is 9.16. The quantitative estimate of drug-likeness (QED) is 0.807. The van der Waals surface area contributed by atoms with Gasteiger partial charge in [-0.2, -0.15) is 0 Å². The maximum Gasteiger partial charge on any atom is 0.261 e. The smallest absolute Gasteiger partial charge is 0.261 e. The van der Waals surface area contributed by atoms with Crippen LogP contribution in [0, 0.1) is 0 Å². The van der Waals surface area contributed by atoms with Crippen LogP contribution in [0.5, 0.6) is 0 Å². The summed E-state index contributed by atoms with van der Waals surface area (Å²) in [4.78, 5) is 13.0. The third kappa shape index (κ3) is 3.84. The molecule has 0 aromatic heterocycles. The molecule has 0 spiro atoms. The van der Waals surface area contributed by atoms with Crippen molar-refractivity contribution >= 4 is 39.1 Å². The Balaban J connectivity index is 1.66. The Morgan fingerprint density at radius 3 is 2.81 bits per heavy atom. The Labute approximate surface area is 164 Å². The topological polar surface area (TPSA) is 75.3 Å². The third-order valence-electron chi connectivity index (χ3n) is 4.98. The van der Waals surface area contributed by atoms with E-state index in [4.69, 9.17) is 0 Å². The number of amides is 1. The number of aryl methyl sites for hydroxylation is 1. The minimum atomic E-state index is -3.73. The number of anilines is 2. The molecule has 0 saturated heterocycles. The summed E-state index contributed by atoms with van der Waals surface area (Å²) in [7, 11) is -3.73. The van der Waals surface area contributed by atoms with Crippen LogP contribution in [-0.4, -0.2) is 19.6 Å². The van der Waals surface area contributed by atoms with E-state index >= 15 is 0 Å². The summed E-state index contributed by atoms with van der Waals surface area (Å²) in [5, 5.41) is 2.98. The molecule has 2 aromatic carbocycles. The lowest BCUT2D eigenvalue weighted by Crippen LogP contribution is -2.17. The van der Waals surface area contributed by atoms with Gasteiger partial charge in [-0.3, -0.25) is 9.52 Å². The molecule has 1 atom stereocenters. The molecule has 1 heterocycles. The van der Waals surface area contributed by atoms with Crippen LogP contribution in [0.25, 0.3) is 0 Å². The summed E-state index contributed by atoms with van der Waals surface area (Å²) in [6, 6.07) is 10.7. The third-order valence-corrected chi connectivity index (χ3v) is 7.52. The van der Waals surface area contributed by atoms with Crippen molar-refractivity contribution < 1.29 is 13.2 Å². The molecule has 5 nitrogen and oxygen atoms in total. The average molecular weight is 403 g/mol. The van der Waals surface area contributed by atoms with Crippen molar-refractivity contribution in [2.45, 2.75) is 54.1 Å². The van der Waals surface area contributed by atoms with Gasteiger partial charge in [0.2, 0.25) is 5.91 Å². The highest BCUT2D eigenvalue weighted by Crippen LogP contribution is 2.37. The Morgan fingerprint density at radius 2 is 1.96 bits per heavy atom. The zero-order valence-corrected chi connectivity index (χ0v) is 16.8. The monoisotopic (exact) mass is 402 g/mol. The van der Waals surface area contributed by atoms with Gasteiger partial charge >= 0.3 is 0 Å². The molecule has 7 heteroatoms. The van der Waals surface area contributed by atoms with Crippen molar-refractivity contribution in [1.82, 2.24) is 0 Å². The second-order valence-electron chi connectivity index (χ2n) is 7.09. The fourth-order valence-electron chi connectivity index (χ4n) is 3.68. The van der Waals surface area contributed by atoms with E-state index in [-0.39, 0.29) is 16.1 Å². The van der Waals surface area contributed by atoms with Gasteiger partial charge in [0.25, 0.3) is 10.0 Å². The van der Waals surface area contributed by atoms with Gasteiger partial charge < -0.3 is 5.32 Å². The number of fused-ring (bicyclic) bond motifs is 2. The molecule has 2 aromatic rings. The standard InChI is InChI=1S/C20H22N2O3S2/c1-13-11-20(23)21-18-12-15(9-10-19(18)26-13)27(24,25)22-17-8-4-6-14-5-2-3-7-16(14)17/h4,6,8-10,12-13,22H,2-3,5,7,11H2,1H3,(H,21,23)/t13-/m1/s1. The number of hydrogen-bond acceptors (Lipinski definition) is 4. The van der Waals surface area contributed by atoms with Gasteiger partial charge in [0.05, 0.1) is 16.3 Å². The van der Waals surface area contributed by atoms with Crippen LogP contribution in [-0.2, 0) is 27.7 Å². The lowest BCUT2D eigenvalue weighted by atomic mass is 9.91. The Kier molecular flexibility index (Phi) is 4.90. The molecule has 0 saturated carbocycles. The molecular formula is C20H22N2O3S2. The predicted octanol–water partition coefficient (Wildman–Crippen LogP) is 4.19. The van der Waals surface area contributed by atoms with Crippen LogP contribution in [0.2, 0.25) is 0 Å². The molecule has 2 aliphatic rings. The van der Waals surface area contributed by atoms with E-state index < -0.39 is 10.0 Å². The SMILES string of the molecule is C[C@@H]1CC(=O)Nc2cc(S(=O)(=O)Nc3cccc4c3CCCC4)ccc2S1. The number of thioether (sulfide) groups is 1. The fourth-order valence-corrected chi connectivity index (χ4v) is 5.85. The number of carbonyl (C=O) groups is 1. The highest BCUT2D eigenvalue weighted by Gasteiger charge is 2.23. The Bertz CT molecular complexity index is 1000. The van der Waals surface area contributed by atoms with E-state index in [1.54, 1.807) is 30.0 Å².